The van der Waals surface area contributed by atoms with E-state index in [0.29, 0.717) is 12.0 Å². The van der Waals surface area contributed by atoms with Gasteiger partial charge in [-0.2, -0.15) is 0 Å². The second-order valence-corrected chi connectivity index (χ2v) is 7.11. The lowest BCUT2D eigenvalue weighted by atomic mass is 10.1. The number of nitrogens with one attached hydrogen (secondary N) is 1. The maximum Gasteiger partial charge on any atom is 0.273 e. The molecule has 118 valence electrons. The van der Waals surface area contributed by atoms with Gasteiger partial charge in [0.2, 0.25) is 10.0 Å². The summed E-state index contributed by atoms with van der Waals surface area (Å²) >= 11 is 0. The average molecular weight is 316 g/mol. The van der Waals surface area contributed by atoms with E-state index in [9.17, 15) is 23.6 Å². The summed E-state index contributed by atoms with van der Waals surface area (Å²) in [5, 5.41) is 20.5. The second-order valence-electron chi connectivity index (χ2n) is 5.34. The fourth-order valence-electron chi connectivity index (χ4n) is 1.87. The molecule has 2 N–H and O–H groups in total. The third kappa shape index (κ3) is 5.07. The molecule has 0 aliphatic carbocycles. The van der Waals surface area contributed by atoms with Crippen molar-refractivity contribution < 1.29 is 18.4 Å². The highest BCUT2D eigenvalue weighted by atomic mass is 32.2. The number of aliphatic hydroxyl groups is 1. The van der Waals surface area contributed by atoms with Gasteiger partial charge in [-0.3, -0.25) is 10.1 Å². The Morgan fingerprint density at radius 3 is 2.52 bits per heavy atom. The fraction of sp³-hybridized carbons (Fsp3) is 0.538. The minimum absolute atomic E-state index is 0.123. The van der Waals surface area contributed by atoms with E-state index in [1.54, 1.807) is 0 Å². The Morgan fingerprint density at radius 1 is 1.38 bits per heavy atom. The zero-order valence-electron chi connectivity index (χ0n) is 12.2. The van der Waals surface area contributed by atoms with Crippen LogP contribution in [0.25, 0.3) is 0 Å². The van der Waals surface area contributed by atoms with Gasteiger partial charge in [-0.1, -0.05) is 19.9 Å². The monoisotopic (exact) mass is 316 g/mol. The molecule has 1 atom stereocenters. The zero-order chi connectivity index (χ0) is 16.2. The van der Waals surface area contributed by atoms with Crippen molar-refractivity contribution in [1.82, 2.24) is 4.72 Å². The molecule has 0 aliphatic heterocycles. The van der Waals surface area contributed by atoms with Crippen LogP contribution in [0.15, 0.2) is 23.1 Å². The third-order valence-electron chi connectivity index (χ3n) is 2.94. The van der Waals surface area contributed by atoms with E-state index in [0.717, 1.165) is 6.07 Å². The summed E-state index contributed by atoms with van der Waals surface area (Å²) in [7, 11) is -3.88. The van der Waals surface area contributed by atoms with Gasteiger partial charge in [-0.05, 0) is 25.3 Å². The van der Waals surface area contributed by atoms with Gasteiger partial charge in [0, 0.05) is 18.2 Å². The summed E-state index contributed by atoms with van der Waals surface area (Å²) in [4.78, 5) is 10.0. The first kappa shape index (κ1) is 17.5. The van der Waals surface area contributed by atoms with Gasteiger partial charge in [-0.15, -0.1) is 0 Å². The largest absolute Gasteiger partial charge is 0.392 e. The highest BCUT2D eigenvalue weighted by Crippen LogP contribution is 2.22. The Balaban J connectivity index is 2.88. The number of aliphatic hydroxyl groups excluding tert-OH is 1. The number of benzene rings is 1. The number of nitrogens with zero attached hydrogens (tertiary/aromatic N) is 1. The minimum atomic E-state index is -3.88. The van der Waals surface area contributed by atoms with Crippen LogP contribution in [0.5, 0.6) is 0 Å². The van der Waals surface area contributed by atoms with E-state index in [1.165, 1.54) is 19.1 Å². The molecule has 0 aliphatic rings. The van der Waals surface area contributed by atoms with Gasteiger partial charge in [0.25, 0.3) is 5.69 Å². The first-order chi connectivity index (χ1) is 9.63. The Kier molecular flexibility index (Phi) is 5.82. The van der Waals surface area contributed by atoms with E-state index in [4.69, 9.17) is 0 Å². The molecule has 0 bridgehead atoms. The van der Waals surface area contributed by atoms with Crippen LogP contribution in [-0.2, 0) is 10.0 Å². The van der Waals surface area contributed by atoms with Gasteiger partial charge < -0.3 is 5.11 Å². The summed E-state index contributed by atoms with van der Waals surface area (Å²) < 4.78 is 26.4. The first-order valence-electron chi connectivity index (χ1n) is 6.56. The van der Waals surface area contributed by atoms with Crippen LogP contribution in [-0.4, -0.2) is 31.1 Å². The molecule has 0 aromatic heterocycles. The Morgan fingerprint density at radius 2 is 2.00 bits per heavy atom. The molecule has 1 aromatic rings. The lowest BCUT2D eigenvalue weighted by Crippen LogP contribution is -2.32. The van der Waals surface area contributed by atoms with Gasteiger partial charge in [0.15, 0.2) is 0 Å². The topological polar surface area (TPSA) is 110 Å². The van der Waals surface area contributed by atoms with Crippen LogP contribution in [0.4, 0.5) is 5.69 Å². The molecule has 0 radical (unpaired) electrons. The molecule has 7 nitrogen and oxygen atoms in total. The summed E-state index contributed by atoms with van der Waals surface area (Å²) in [5.41, 5.74) is 0.138. The van der Waals surface area contributed by atoms with Crippen LogP contribution in [0, 0.1) is 23.0 Å². The number of nitro groups is 1. The molecule has 0 amide bonds. The van der Waals surface area contributed by atoms with Crippen molar-refractivity contribution in [1.29, 1.82) is 0 Å². The van der Waals surface area contributed by atoms with Crippen molar-refractivity contribution in [2.24, 2.45) is 5.92 Å². The summed E-state index contributed by atoms with van der Waals surface area (Å²) in [6.45, 7) is 5.25. The van der Waals surface area contributed by atoms with E-state index >= 15 is 0 Å². The standard InChI is InChI=1S/C13H20N2O5S/c1-9(2)6-11(16)8-14-21(19,20)12-5-4-10(3)13(7-12)15(17)18/h4-5,7,9,11,14,16H,6,8H2,1-3H3. The minimum Gasteiger partial charge on any atom is -0.392 e. The van der Waals surface area contributed by atoms with Crippen molar-refractivity contribution >= 4 is 15.7 Å². The summed E-state index contributed by atoms with van der Waals surface area (Å²) in [6, 6.07) is 3.71. The van der Waals surface area contributed by atoms with Crippen LogP contribution in [0.3, 0.4) is 0 Å². The fourth-order valence-corrected chi connectivity index (χ4v) is 2.96. The molecular weight excluding hydrogens is 296 g/mol. The van der Waals surface area contributed by atoms with Crippen LogP contribution in [0.1, 0.15) is 25.8 Å². The summed E-state index contributed by atoms with van der Waals surface area (Å²) in [6.07, 6.45) is -0.323. The SMILES string of the molecule is Cc1ccc(S(=O)(=O)NCC(O)CC(C)C)cc1[N+](=O)[O-]. The summed E-state index contributed by atoms with van der Waals surface area (Å²) in [5.74, 6) is 0.241. The first-order valence-corrected chi connectivity index (χ1v) is 8.04. The van der Waals surface area contributed by atoms with Crippen molar-refractivity contribution in [2.75, 3.05) is 6.54 Å². The predicted molar refractivity (Wildman–Crippen MR) is 78.5 cm³/mol. The lowest BCUT2D eigenvalue weighted by Gasteiger charge is -2.14. The molecule has 0 saturated carbocycles. The number of aryl methyl sites for hydroxylation is 1. The Hall–Kier alpha value is -1.51. The van der Waals surface area contributed by atoms with Gasteiger partial charge in [-0.25, -0.2) is 13.1 Å². The quantitative estimate of drug-likeness (QED) is 0.586. The van der Waals surface area contributed by atoms with Crippen molar-refractivity contribution in [3.05, 3.63) is 33.9 Å². The predicted octanol–water partition coefficient (Wildman–Crippen LogP) is 1.59. The Bertz CT molecular complexity index is 613. The molecule has 1 aromatic carbocycles. The Labute approximate surface area is 124 Å². The molecule has 0 heterocycles. The molecule has 0 saturated heterocycles. The molecule has 1 rings (SSSR count). The van der Waals surface area contributed by atoms with E-state index in [1.807, 2.05) is 13.8 Å². The molecular formula is C13H20N2O5S. The number of hydrogen-bond donors (Lipinski definition) is 2. The molecule has 21 heavy (non-hydrogen) atoms. The van der Waals surface area contributed by atoms with E-state index in [-0.39, 0.29) is 23.0 Å². The average Bonchev–Trinajstić information content (AvgIpc) is 2.35. The van der Waals surface area contributed by atoms with Gasteiger partial charge >= 0.3 is 0 Å². The molecule has 1 unspecified atom stereocenters. The van der Waals surface area contributed by atoms with Crippen molar-refractivity contribution in [3.63, 3.8) is 0 Å². The third-order valence-corrected chi connectivity index (χ3v) is 4.36. The molecule has 0 spiro atoms. The number of sulfonamides is 1. The maximum absolute atomic E-state index is 12.1. The molecule has 0 fully saturated rings. The molecule has 8 heteroatoms. The van der Waals surface area contributed by atoms with E-state index < -0.39 is 21.1 Å². The number of nitro benzene ring substituents is 1. The normalized spacial score (nSPS) is 13.4. The van der Waals surface area contributed by atoms with Crippen LogP contribution >= 0.6 is 0 Å². The highest BCUT2D eigenvalue weighted by Gasteiger charge is 2.20. The lowest BCUT2D eigenvalue weighted by molar-refractivity contribution is -0.385. The number of rotatable bonds is 7. The highest BCUT2D eigenvalue weighted by molar-refractivity contribution is 7.89. The van der Waals surface area contributed by atoms with Gasteiger partial charge in [0.05, 0.1) is 15.9 Å². The maximum atomic E-state index is 12.1. The van der Waals surface area contributed by atoms with Crippen LogP contribution in [0.2, 0.25) is 0 Å². The second kappa shape index (κ2) is 6.97. The van der Waals surface area contributed by atoms with Crippen LogP contribution < -0.4 is 4.72 Å². The smallest absolute Gasteiger partial charge is 0.273 e. The van der Waals surface area contributed by atoms with Crippen molar-refractivity contribution in [2.45, 2.75) is 38.2 Å². The van der Waals surface area contributed by atoms with Crippen molar-refractivity contribution in [3.8, 4) is 0 Å². The number of hydrogen-bond acceptors (Lipinski definition) is 5. The van der Waals surface area contributed by atoms with E-state index in [2.05, 4.69) is 4.72 Å². The zero-order valence-corrected chi connectivity index (χ0v) is 13.1. The van der Waals surface area contributed by atoms with Gasteiger partial charge in [0.1, 0.15) is 0 Å².